The lowest BCUT2D eigenvalue weighted by molar-refractivity contribution is -0.672. The topological polar surface area (TPSA) is 107 Å². The molecular weight excluding hydrogens is 635 g/mol. The van der Waals surface area contributed by atoms with Crippen molar-refractivity contribution in [2.75, 3.05) is 11.4 Å². The predicted octanol–water partition coefficient (Wildman–Crippen LogP) is 7.07. The van der Waals surface area contributed by atoms with Gasteiger partial charge in [-0.15, -0.1) is 0 Å². The van der Waals surface area contributed by atoms with Crippen LogP contribution in [0.5, 0.6) is 0 Å². The Labute approximate surface area is 277 Å². The van der Waals surface area contributed by atoms with Gasteiger partial charge in [-0.3, -0.25) is 4.79 Å². The van der Waals surface area contributed by atoms with Crippen LogP contribution in [0.4, 0.5) is 5.69 Å². The smallest absolute Gasteiger partial charge is 0.266 e. The van der Waals surface area contributed by atoms with Gasteiger partial charge in [0.05, 0.1) is 15.6 Å². The third-order valence-electron chi connectivity index (χ3n) is 9.12. The summed E-state index contributed by atoms with van der Waals surface area (Å²) < 4.78 is 35.0. The second kappa shape index (κ2) is 12.5. The van der Waals surface area contributed by atoms with E-state index in [2.05, 4.69) is 64.1 Å². The minimum Gasteiger partial charge on any atom is -0.744 e. The Kier molecular flexibility index (Phi) is 8.39. The number of fused-ring (bicyclic) bond motifs is 6. The molecule has 4 aromatic rings. The average molecular weight is 670 g/mol. The van der Waals surface area contributed by atoms with Crippen LogP contribution >= 0.6 is 23.1 Å². The number of aromatic nitrogens is 1. The highest BCUT2D eigenvalue weighted by molar-refractivity contribution is 8.03. The van der Waals surface area contributed by atoms with E-state index in [4.69, 9.17) is 5.73 Å². The van der Waals surface area contributed by atoms with Gasteiger partial charge in [-0.05, 0) is 86.1 Å². The fraction of sp³-hybridized carbons (Fsp3) is 0.278. The van der Waals surface area contributed by atoms with Crippen LogP contribution in [-0.4, -0.2) is 25.4 Å². The largest absolute Gasteiger partial charge is 0.744 e. The van der Waals surface area contributed by atoms with Gasteiger partial charge in [0.1, 0.15) is 14.8 Å². The first-order valence-electron chi connectivity index (χ1n) is 15.6. The molecule has 0 saturated heterocycles. The van der Waals surface area contributed by atoms with Gasteiger partial charge in [-0.25, -0.2) is 8.42 Å². The minimum absolute atomic E-state index is 0.139. The molecule has 4 heterocycles. The molecule has 46 heavy (non-hydrogen) atoms. The summed E-state index contributed by atoms with van der Waals surface area (Å²) in [6, 6.07) is 23.2. The van der Waals surface area contributed by atoms with Crippen molar-refractivity contribution in [1.82, 2.24) is 0 Å². The molecular formula is C36H35N3O4S3. The molecule has 1 amide bonds. The van der Waals surface area contributed by atoms with E-state index in [9.17, 15) is 17.8 Å². The Morgan fingerprint density at radius 2 is 1.70 bits per heavy atom. The summed E-state index contributed by atoms with van der Waals surface area (Å²) in [6.45, 7) is 3.94. The number of thioether (sulfide) groups is 1. The summed E-state index contributed by atoms with van der Waals surface area (Å²) in [5.41, 5.74) is 15.0. The SMILES string of the molecule is Cc1ccc(S(=O)(=O)[O-])cc1.NC(=O)C1CC(C2=C3Sc4ccccc4N3CCC2)=C/C(=C2\CCC[n+]3c2sc2ccccc23)C1. The lowest BCUT2D eigenvalue weighted by Crippen LogP contribution is -2.39. The number of rotatable bonds is 3. The van der Waals surface area contributed by atoms with Crippen LogP contribution in [0, 0.1) is 12.8 Å². The maximum Gasteiger partial charge on any atom is 0.266 e. The number of carbonyl (C=O) groups is 1. The number of carbonyl (C=O) groups excluding carboxylic acids is 1. The van der Waals surface area contributed by atoms with Crippen molar-refractivity contribution in [3.05, 3.63) is 111 Å². The summed E-state index contributed by atoms with van der Waals surface area (Å²) in [6.07, 6.45) is 8.34. The van der Waals surface area contributed by atoms with Gasteiger partial charge < -0.3 is 15.2 Å². The van der Waals surface area contributed by atoms with Gasteiger partial charge >= 0.3 is 0 Å². The van der Waals surface area contributed by atoms with Crippen molar-refractivity contribution < 1.29 is 22.3 Å². The van der Waals surface area contributed by atoms with Crippen molar-refractivity contribution >= 4 is 60.6 Å². The van der Waals surface area contributed by atoms with Crippen LogP contribution in [0.3, 0.4) is 0 Å². The van der Waals surface area contributed by atoms with E-state index >= 15 is 0 Å². The molecule has 0 bridgehead atoms. The predicted molar refractivity (Wildman–Crippen MR) is 183 cm³/mol. The number of hydrogen-bond acceptors (Lipinski definition) is 7. The first-order valence-corrected chi connectivity index (χ1v) is 18.7. The number of nitrogens with zero attached hydrogens (tertiary/aromatic N) is 2. The molecule has 0 radical (unpaired) electrons. The normalized spacial score (nSPS) is 20.8. The first-order chi connectivity index (χ1) is 22.2. The Balaban J connectivity index is 0.000000263. The van der Waals surface area contributed by atoms with Gasteiger partial charge in [0.25, 0.3) is 5.01 Å². The molecule has 7 nitrogen and oxygen atoms in total. The lowest BCUT2D eigenvalue weighted by Gasteiger charge is -2.32. The minimum atomic E-state index is -4.27. The Hall–Kier alpha value is -3.70. The number of aryl methyl sites for hydroxylation is 2. The van der Waals surface area contributed by atoms with E-state index < -0.39 is 10.1 Å². The number of hydrogen-bond donors (Lipinski definition) is 1. The molecule has 1 aliphatic carbocycles. The number of primary amides is 1. The van der Waals surface area contributed by atoms with E-state index in [0.29, 0.717) is 0 Å². The fourth-order valence-corrected chi connectivity index (χ4v) is 9.92. The second-order valence-corrected chi connectivity index (χ2v) is 15.6. The highest BCUT2D eigenvalue weighted by atomic mass is 32.2. The zero-order valence-electron chi connectivity index (χ0n) is 25.6. The standard InChI is InChI=1S/C29H27N3OS2.C7H8O3S/c30-27(33)20-16-18(21-7-5-13-31-23-9-1-3-11-25(23)34-28(21)31)15-19(17-20)22-8-6-14-32-24-10-2-4-12-26(24)35-29(22)32;1-6-2-4-7(5-3-6)11(8,9)10/h1-4,9-12,15,20H,5-8,13-14,16-17H2,(H-,30,33);2-5H,1H3,(H,8,9,10). The van der Waals surface area contributed by atoms with Crippen molar-refractivity contribution in [2.45, 2.75) is 61.8 Å². The molecule has 3 aromatic carbocycles. The van der Waals surface area contributed by atoms with Crippen LogP contribution < -0.4 is 15.2 Å². The number of allylic oxidation sites excluding steroid dienone is 5. The van der Waals surface area contributed by atoms with E-state index in [1.54, 1.807) is 12.1 Å². The fourth-order valence-electron chi connectivity index (χ4n) is 6.86. The molecule has 1 atom stereocenters. The third kappa shape index (κ3) is 5.95. The van der Waals surface area contributed by atoms with E-state index in [0.717, 1.165) is 57.2 Å². The van der Waals surface area contributed by atoms with E-state index in [1.165, 1.54) is 65.3 Å². The Morgan fingerprint density at radius 3 is 2.48 bits per heavy atom. The Morgan fingerprint density at radius 1 is 0.957 bits per heavy atom. The number of nitrogens with two attached hydrogens (primary N) is 1. The van der Waals surface area contributed by atoms with Gasteiger partial charge in [0.2, 0.25) is 11.4 Å². The van der Waals surface area contributed by atoms with Gasteiger partial charge in [-0.1, -0.05) is 71.1 Å². The van der Waals surface area contributed by atoms with Gasteiger partial charge in [0.15, 0.2) is 6.54 Å². The van der Waals surface area contributed by atoms with Crippen LogP contribution in [0.1, 0.15) is 49.1 Å². The maximum absolute atomic E-state index is 12.5. The highest BCUT2D eigenvalue weighted by Gasteiger charge is 2.36. The van der Waals surface area contributed by atoms with Crippen LogP contribution in [0.25, 0.3) is 15.8 Å². The third-order valence-corrected chi connectivity index (χ3v) is 12.4. The maximum atomic E-state index is 12.5. The number of thiazole rings is 1. The number of anilines is 1. The van der Waals surface area contributed by atoms with Crippen LogP contribution in [-0.2, 0) is 21.5 Å². The molecule has 0 saturated carbocycles. The molecule has 10 heteroatoms. The van der Waals surface area contributed by atoms with E-state index in [-0.39, 0.29) is 16.7 Å². The summed E-state index contributed by atoms with van der Waals surface area (Å²) in [5.74, 6) is -0.311. The number of amides is 1. The molecule has 1 aromatic heterocycles. The van der Waals surface area contributed by atoms with Crippen molar-refractivity contribution in [3.8, 4) is 0 Å². The average Bonchev–Trinajstić information content (AvgIpc) is 3.63. The Bertz CT molecular complexity index is 2060. The molecule has 3 aliphatic heterocycles. The zero-order chi connectivity index (χ0) is 32.0. The summed E-state index contributed by atoms with van der Waals surface area (Å²) in [7, 11) is -4.27. The van der Waals surface area contributed by atoms with Gasteiger partial charge in [-0.2, -0.15) is 4.57 Å². The van der Waals surface area contributed by atoms with Crippen molar-refractivity contribution in [3.63, 3.8) is 0 Å². The first kappa shape index (κ1) is 30.9. The molecule has 0 fully saturated rings. The van der Waals surface area contributed by atoms with E-state index in [1.807, 2.05) is 30.0 Å². The highest BCUT2D eigenvalue weighted by Crippen LogP contribution is 2.52. The van der Waals surface area contributed by atoms with Crippen LogP contribution in [0.15, 0.2) is 110 Å². The molecule has 1 unspecified atom stereocenters. The molecule has 236 valence electrons. The van der Waals surface area contributed by atoms with Crippen LogP contribution in [0.2, 0.25) is 0 Å². The summed E-state index contributed by atoms with van der Waals surface area (Å²) >= 11 is 3.78. The molecule has 8 rings (SSSR count). The van der Waals surface area contributed by atoms with Gasteiger partial charge in [0, 0.05) is 35.4 Å². The molecule has 4 aliphatic rings. The summed E-state index contributed by atoms with van der Waals surface area (Å²) in [5, 5.41) is 2.72. The zero-order valence-corrected chi connectivity index (χ0v) is 28.0. The molecule has 0 spiro atoms. The van der Waals surface area contributed by atoms with Crippen molar-refractivity contribution in [1.29, 1.82) is 0 Å². The summed E-state index contributed by atoms with van der Waals surface area (Å²) in [4.78, 5) is 16.2. The van der Waals surface area contributed by atoms with Crippen molar-refractivity contribution in [2.24, 2.45) is 11.7 Å². The quantitative estimate of drug-likeness (QED) is 0.185. The number of benzene rings is 3. The monoisotopic (exact) mass is 669 g/mol. The molecule has 2 N–H and O–H groups in total. The number of para-hydroxylation sites is 2. The lowest BCUT2D eigenvalue weighted by atomic mass is 9.79. The second-order valence-electron chi connectivity index (χ2n) is 12.2.